The highest BCUT2D eigenvalue weighted by Crippen LogP contribution is 2.08. The quantitative estimate of drug-likeness (QED) is 0.375. The van der Waals surface area contributed by atoms with Crippen LogP contribution >= 0.6 is 11.6 Å². The molecule has 0 aromatic rings. The van der Waals surface area contributed by atoms with Crippen LogP contribution in [0.4, 0.5) is 0 Å². The molecule has 1 atom stereocenters. The predicted octanol–water partition coefficient (Wildman–Crippen LogP) is 1.32. The van der Waals surface area contributed by atoms with Crippen LogP contribution in [-0.2, 0) is 0 Å². The molecule has 1 fully saturated rings. The predicted molar refractivity (Wildman–Crippen MR) is 31.5 cm³/mol. The fourth-order valence-electron chi connectivity index (χ4n) is 0.809. The van der Waals surface area contributed by atoms with Crippen molar-refractivity contribution in [1.82, 2.24) is 5.32 Å². The van der Waals surface area contributed by atoms with Crippen molar-refractivity contribution in [2.24, 2.45) is 0 Å². The number of hydrogen-bond donors (Lipinski definition) is 1. The van der Waals surface area contributed by atoms with Gasteiger partial charge < -0.3 is 5.32 Å². The zero-order valence-corrected chi connectivity index (χ0v) is 5.04. The topological polar surface area (TPSA) is 12.0 Å². The van der Waals surface area contributed by atoms with Crippen LogP contribution in [0.25, 0.3) is 0 Å². The second kappa shape index (κ2) is 2.53. The van der Waals surface area contributed by atoms with Crippen molar-refractivity contribution < 1.29 is 0 Å². The van der Waals surface area contributed by atoms with Gasteiger partial charge >= 0.3 is 0 Å². The van der Waals surface area contributed by atoms with Crippen LogP contribution in [0.1, 0.15) is 19.3 Å². The highest BCUT2D eigenvalue weighted by molar-refractivity contribution is 6.20. The maximum Gasteiger partial charge on any atom is 0.0825 e. The van der Waals surface area contributed by atoms with E-state index in [9.17, 15) is 0 Å². The molecular formula is C5H10ClN. The summed E-state index contributed by atoms with van der Waals surface area (Å²) in [5.41, 5.74) is 0.258. The van der Waals surface area contributed by atoms with E-state index in [0.29, 0.717) is 0 Å². The van der Waals surface area contributed by atoms with Gasteiger partial charge in [-0.1, -0.05) is 0 Å². The summed E-state index contributed by atoms with van der Waals surface area (Å²) in [4.78, 5) is 0. The first-order chi connectivity index (χ1) is 3.39. The number of halogens is 1. The summed E-state index contributed by atoms with van der Waals surface area (Å²) < 4.78 is 0. The Balaban J connectivity index is 2.12. The van der Waals surface area contributed by atoms with Crippen LogP contribution in [0.15, 0.2) is 0 Å². The van der Waals surface area contributed by atoms with Gasteiger partial charge in [-0.05, 0) is 25.8 Å². The van der Waals surface area contributed by atoms with Crippen LogP contribution in [0.5, 0.6) is 0 Å². The summed E-state index contributed by atoms with van der Waals surface area (Å²) in [6.07, 6.45) is 3.73. The minimum absolute atomic E-state index is 0.258. The fraction of sp³-hybridized carbons (Fsp3) is 1.00. The summed E-state index contributed by atoms with van der Waals surface area (Å²) >= 11 is 5.71. The molecule has 0 aromatic heterocycles. The first-order valence-electron chi connectivity index (χ1n) is 2.77. The standard InChI is InChI=1S/C5H10ClN/c6-5-3-1-2-4-7-5/h5,7H,1-4H2/t5-/m0/s1. The summed E-state index contributed by atoms with van der Waals surface area (Å²) in [6.45, 7) is 1.11. The summed E-state index contributed by atoms with van der Waals surface area (Å²) in [5, 5.41) is 3.15. The normalized spacial score (nSPS) is 33.0. The molecule has 0 unspecified atom stereocenters. The molecule has 1 heterocycles. The van der Waals surface area contributed by atoms with Gasteiger partial charge in [-0.2, -0.15) is 0 Å². The van der Waals surface area contributed by atoms with Crippen molar-refractivity contribution in [2.45, 2.75) is 24.8 Å². The van der Waals surface area contributed by atoms with E-state index in [1.165, 1.54) is 12.8 Å². The number of nitrogens with one attached hydrogen (secondary N) is 1. The molecule has 1 aliphatic rings. The molecule has 7 heavy (non-hydrogen) atoms. The van der Waals surface area contributed by atoms with Gasteiger partial charge in [0, 0.05) is 0 Å². The van der Waals surface area contributed by atoms with Gasteiger partial charge in [0.25, 0.3) is 0 Å². The maximum atomic E-state index is 5.71. The molecule has 2 heteroatoms. The van der Waals surface area contributed by atoms with E-state index in [0.717, 1.165) is 13.0 Å². The SMILES string of the molecule is Cl[C@@H]1CCCCN1. The van der Waals surface area contributed by atoms with Gasteiger partial charge in [0.05, 0.1) is 5.50 Å². The monoisotopic (exact) mass is 119 g/mol. The number of piperidine rings is 1. The van der Waals surface area contributed by atoms with E-state index >= 15 is 0 Å². The second-order valence-electron chi connectivity index (χ2n) is 1.92. The van der Waals surface area contributed by atoms with Gasteiger partial charge in [0.1, 0.15) is 0 Å². The number of rotatable bonds is 0. The van der Waals surface area contributed by atoms with Crippen LogP contribution in [0.2, 0.25) is 0 Å². The summed E-state index contributed by atoms with van der Waals surface area (Å²) in [7, 11) is 0. The Kier molecular flexibility index (Phi) is 1.95. The lowest BCUT2D eigenvalue weighted by Gasteiger charge is -2.16. The van der Waals surface area contributed by atoms with Gasteiger partial charge in [-0.15, -0.1) is 11.6 Å². The second-order valence-corrected chi connectivity index (χ2v) is 2.44. The molecule has 0 saturated carbocycles. The first kappa shape index (κ1) is 5.39. The van der Waals surface area contributed by atoms with Gasteiger partial charge in [0.2, 0.25) is 0 Å². The molecule has 0 amide bonds. The average Bonchev–Trinajstić information content (AvgIpc) is 1.69. The van der Waals surface area contributed by atoms with Crippen molar-refractivity contribution in [2.75, 3.05) is 6.54 Å². The largest absolute Gasteiger partial charge is 0.301 e. The smallest absolute Gasteiger partial charge is 0.0825 e. The summed E-state index contributed by atoms with van der Waals surface area (Å²) in [5.74, 6) is 0. The van der Waals surface area contributed by atoms with Gasteiger partial charge in [-0.25, -0.2) is 0 Å². The lowest BCUT2D eigenvalue weighted by molar-refractivity contribution is 0.486. The third kappa shape index (κ3) is 1.66. The Hall–Kier alpha value is 0.250. The van der Waals surface area contributed by atoms with Crippen molar-refractivity contribution >= 4 is 11.6 Å². The Bertz CT molecular complexity index is 50.0. The Morgan fingerprint density at radius 2 is 2.29 bits per heavy atom. The van der Waals surface area contributed by atoms with Crippen LogP contribution in [-0.4, -0.2) is 12.0 Å². The van der Waals surface area contributed by atoms with E-state index in [1.807, 2.05) is 0 Å². The maximum absolute atomic E-state index is 5.71. The molecule has 1 aliphatic heterocycles. The highest BCUT2D eigenvalue weighted by Gasteiger charge is 2.06. The molecule has 42 valence electrons. The van der Waals surface area contributed by atoms with Crippen LogP contribution in [0, 0.1) is 0 Å². The molecule has 0 spiro atoms. The zero-order valence-electron chi connectivity index (χ0n) is 4.28. The van der Waals surface area contributed by atoms with E-state index in [2.05, 4.69) is 5.32 Å². The van der Waals surface area contributed by atoms with E-state index in [-0.39, 0.29) is 5.50 Å². The summed E-state index contributed by atoms with van der Waals surface area (Å²) in [6, 6.07) is 0. The van der Waals surface area contributed by atoms with Crippen molar-refractivity contribution in [3.63, 3.8) is 0 Å². The van der Waals surface area contributed by atoms with E-state index < -0.39 is 0 Å². The fourth-order valence-corrected chi connectivity index (χ4v) is 1.07. The minimum Gasteiger partial charge on any atom is -0.301 e. The van der Waals surface area contributed by atoms with E-state index in [4.69, 9.17) is 11.6 Å². The first-order valence-corrected chi connectivity index (χ1v) is 3.21. The van der Waals surface area contributed by atoms with Crippen molar-refractivity contribution in [1.29, 1.82) is 0 Å². The molecule has 0 aromatic carbocycles. The number of alkyl halides is 1. The molecule has 0 radical (unpaired) electrons. The van der Waals surface area contributed by atoms with Crippen LogP contribution in [0.3, 0.4) is 0 Å². The van der Waals surface area contributed by atoms with Crippen molar-refractivity contribution in [3.8, 4) is 0 Å². The highest BCUT2D eigenvalue weighted by atomic mass is 35.5. The van der Waals surface area contributed by atoms with E-state index in [1.54, 1.807) is 0 Å². The third-order valence-electron chi connectivity index (χ3n) is 1.25. The molecule has 1 saturated heterocycles. The molecule has 1 rings (SSSR count). The molecule has 1 nitrogen and oxygen atoms in total. The Morgan fingerprint density at radius 1 is 1.43 bits per heavy atom. The molecule has 0 bridgehead atoms. The minimum atomic E-state index is 0.258. The van der Waals surface area contributed by atoms with Gasteiger partial charge in [-0.3, -0.25) is 0 Å². The molecule has 1 N–H and O–H groups in total. The molecular weight excluding hydrogens is 110 g/mol. The third-order valence-corrected chi connectivity index (χ3v) is 1.62. The van der Waals surface area contributed by atoms with Crippen LogP contribution < -0.4 is 5.32 Å². The molecule has 0 aliphatic carbocycles. The lowest BCUT2D eigenvalue weighted by Crippen LogP contribution is -2.28. The van der Waals surface area contributed by atoms with Gasteiger partial charge in [0.15, 0.2) is 0 Å². The Labute approximate surface area is 49.0 Å². The number of hydrogen-bond acceptors (Lipinski definition) is 1. The van der Waals surface area contributed by atoms with Crippen molar-refractivity contribution in [3.05, 3.63) is 0 Å². The lowest BCUT2D eigenvalue weighted by atomic mass is 10.2. The zero-order chi connectivity index (χ0) is 5.11. The Morgan fingerprint density at radius 3 is 2.57 bits per heavy atom. The average molecular weight is 120 g/mol.